The molecule has 1 unspecified atom stereocenters. The molecule has 0 saturated carbocycles. The molecule has 2 heterocycles. The number of benzene rings is 3. The third-order valence-electron chi connectivity index (χ3n) is 8.38. The van der Waals surface area contributed by atoms with Crippen LogP contribution in [0.15, 0.2) is 66.7 Å². The first-order valence-electron chi connectivity index (χ1n) is 14.9. The van der Waals surface area contributed by atoms with E-state index in [4.69, 9.17) is 11.6 Å². The van der Waals surface area contributed by atoms with Crippen molar-refractivity contribution in [3.8, 4) is 0 Å². The first-order valence-corrected chi connectivity index (χ1v) is 15.2. The summed E-state index contributed by atoms with van der Waals surface area (Å²) in [5, 5.41) is 9.46. The number of rotatable bonds is 9. The van der Waals surface area contributed by atoms with E-state index in [0.29, 0.717) is 44.2 Å². The predicted molar refractivity (Wildman–Crippen MR) is 166 cm³/mol. The summed E-state index contributed by atoms with van der Waals surface area (Å²) in [4.78, 5) is 42.9. The van der Waals surface area contributed by atoms with Crippen LogP contribution in [0, 0.1) is 11.6 Å². The Kier molecular flexibility index (Phi) is 10.6. The van der Waals surface area contributed by atoms with Crippen LogP contribution in [0.2, 0.25) is 5.02 Å². The van der Waals surface area contributed by atoms with E-state index in [1.54, 1.807) is 17.0 Å². The highest BCUT2D eigenvalue weighted by atomic mass is 35.5. The quantitative estimate of drug-likeness (QED) is 0.331. The molecule has 1 saturated heterocycles. The lowest BCUT2D eigenvalue weighted by atomic mass is 9.95. The van der Waals surface area contributed by atoms with Gasteiger partial charge in [-0.2, -0.15) is 0 Å². The van der Waals surface area contributed by atoms with Gasteiger partial charge in [0.15, 0.2) is 0 Å². The van der Waals surface area contributed by atoms with Crippen molar-refractivity contribution >= 4 is 29.5 Å². The molecule has 2 aliphatic heterocycles. The monoisotopic (exact) mass is 639 g/mol. The zero-order valence-electron chi connectivity index (χ0n) is 24.9. The number of nitrogens with one attached hydrogen (secondary N) is 3. The number of alkyl carbamates (subject to hydrolysis) is 1. The summed E-state index contributed by atoms with van der Waals surface area (Å²) in [6.45, 7) is 1.91. The lowest BCUT2D eigenvalue weighted by Gasteiger charge is -2.40. The fraction of sp³-hybridized carbons (Fsp3) is 0.364. The van der Waals surface area contributed by atoms with Gasteiger partial charge >= 0.3 is 6.09 Å². The molecule has 3 amide bonds. The van der Waals surface area contributed by atoms with Gasteiger partial charge in [-0.05, 0) is 41.3 Å². The molecule has 0 aliphatic carbocycles. The Bertz CT molecular complexity index is 1520. The zero-order valence-corrected chi connectivity index (χ0v) is 25.7. The molecule has 3 atom stereocenters. The van der Waals surface area contributed by atoms with Crippen molar-refractivity contribution in [2.45, 2.75) is 37.5 Å². The van der Waals surface area contributed by atoms with E-state index < -0.39 is 35.9 Å². The van der Waals surface area contributed by atoms with Crippen molar-refractivity contribution in [2.75, 3.05) is 39.8 Å². The molecule has 0 aromatic heterocycles. The zero-order chi connectivity index (χ0) is 31.9. The van der Waals surface area contributed by atoms with Crippen LogP contribution in [-0.4, -0.2) is 79.6 Å². The van der Waals surface area contributed by atoms with Gasteiger partial charge in [-0.1, -0.05) is 54.1 Å². The Morgan fingerprint density at radius 1 is 1.00 bits per heavy atom. The molecular weight excluding hydrogens is 604 g/mol. The van der Waals surface area contributed by atoms with Gasteiger partial charge in [-0.3, -0.25) is 14.5 Å². The van der Waals surface area contributed by atoms with Crippen LogP contribution in [0.4, 0.5) is 13.6 Å². The lowest BCUT2D eigenvalue weighted by molar-refractivity contribution is -0.138. The minimum Gasteiger partial charge on any atom is -0.453 e. The summed E-state index contributed by atoms with van der Waals surface area (Å²) in [6, 6.07) is 16.5. The van der Waals surface area contributed by atoms with Crippen LogP contribution in [0.3, 0.4) is 0 Å². The SMILES string of the molecule is COC(=O)NCC(c1ccc(F)cc1F)N1CCN(C(=O)[C@@H](Cc2ccc(Cl)cc2)NC(=O)[C@H]2Cc3ccccc3CN2)CC1. The molecule has 12 heteroatoms. The van der Waals surface area contributed by atoms with Crippen LogP contribution < -0.4 is 16.0 Å². The van der Waals surface area contributed by atoms with E-state index in [-0.39, 0.29) is 30.3 Å². The van der Waals surface area contributed by atoms with Gasteiger partial charge in [-0.25, -0.2) is 13.6 Å². The summed E-state index contributed by atoms with van der Waals surface area (Å²) in [5.74, 6) is -1.91. The summed E-state index contributed by atoms with van der Waals surface area (Å²) in [5.41, 5.74) is 3.32. The second-order valence-corrected chi connectivity index (χ2v) is 11.6. The Labute approximate surface area is 265 Å². The molecule has 3 aromatic carbocycles. The summed E-state index contributed by atoms with van der Waals surface area (Å²) in [6.07, 6.45) is 0.120. The molecule has 45 heavy (non-hydrogen) atoms. The highest BCUT2D eigenvalue weighted by Crippen LogP contribution is 2.26. The first-order chi connectivity index (χ1) is 21.7. The molecule has 5 rings (SSSR count). The minimum atomic E-state index is -0.824. The second-order valence-electron chi connectivity index (χ2n) is 11.2. The number of carbonyl (C=O) groups excluding carboxylic acids is 3. The first kappa shape index (κ1) is 32.3. The second kappa shape index (κ2) is 14.8. The standard InChI is InChI=1S/C33H36ClF2N5O4/c1-45-33(44)38-20-30(26-11-10-25(35)18-27(26)36)40-12-14-41(15-13-40)32(43)29(16-21-6-8-24(34)9-7-21)39-31(42)28-17-22-4-2-3-5-23(22)19-37-28/h2-11,18,28-30,37H,12-17,19-20H2,1H3,(H,38,44)(H,39,42)/t28-,29-,30?/m1/s1. The molecule has 0 spiro atoms. The van der Waals surface area contributed by atoms with Crippen molar-refractivity contribution < 1.29 is 27.9 Å². The van der Waals surface area contributed by atoms with Gasteiger partial charge in [0, 0.05) is 62.3 Å². The largest absolute Gasteiger partial charge is 0.453 e. The molecule has 238 valence electrons. The van der Waals surface area contributed by atoms with E-state index in [1.807, 2.05) is 41.3 Å². The maximum Gasteiger partial charge on any atom is 0.406 e. The number of halogens is 3. The number of piperazine rings is 1. The minimum absolute atomic E-state index is 0.0237. The molecular formula is C33H36ClF2N5O4. The number of nitrogens with zero attached hydrogens (tertiary/aromatic N) is 2. The van der Waals surface area contributed by atoms with E-state index in [2.05, 4.69) is 20.7 Å². The van der Waals surface area contributed by atoms with Gasteiger partial charge in [0.1, 0.15) is 17.7 Å². The Morgan fingerprint density at radius 3 is 2.40 bits per heavy atom. The van der Waals surface area contributed by atoms with Crippen molar-refractivity contribution in [3.63, 3.8) is 0 Å². The third kappa shape index (κ3) is 8.16. The van der Waals surface area contributed by atoms with E-state index >= 15 is 0 Å². The summed E-state index contributed by atoms with van der Waals surface area (Å²) in [7, 11) is 1.23. The van der Waals surface area contributed by atoms with Crippen molar-refractivity contribution in [1.29, 1.82) is 0 Å². The predicted octanol–water partition coefficient (Wildman–Crippen LogP) is 3.60. The Hall–Kier alpha value is -4.06. The maximum absolute atomic E-state index is 14.8. The maximum atomic E-state index is 14.8. The number of hydrogen-bond donors (Lipinski definition) is 3. The number of hydrogen-bond acceptors (Lipinski definition) is 6. The van der Waals surface area contributed by atoms with Crippen molar-refractivity contribution in [3.05, 3.63) is 106 Å². The average molecular weight is 640 g/mol. The molecule has 0 bridgehead atoms. The Balaban J connectivity index is 1.29. The van der Waals surface area contributed by atoms with Gasteiger partial charge in [0.2, 0.25) is 11.8 Å². The third-order valence-corrected chi connectivity index (χ3v) is 8.63. The summed E-state index contributed by atoms with van der Waals surface area (Å²) < 4.78 is 33.2. The topological polar surface area (TPSA) is 103 Å². The fourth-order valence-electron chi connectivity index (χ4n) is 5.90. The number of fused-ring (bicyclic) bond motifs is 1. The molecule has 1 fully saturated rings. The van der Waals surface area contributed by atoms with Gasteiger partial charge in [-0.15, -0.1) is 0 Å². The fourth-order valence-corrected chi connectivity index (χ4v) is 6.03. The normalized spacial score (nSPS) is 18.0. The van der Waals surface area contributed by atoms with Gasteiger partial charge in [0.25, 0.3) is 0 Å². The number of amides is 3. The van der Waals surface area contributed by atoms with Crippen LogP contribution in [0.5, 0.6) is 0 Å². The van der Waals surface area contributed by atoms with E-state index in [1.165, 1.54) is 19.2 Å². The average Bonchev–Trinajstić information content (AvgIpc) is 3.05. The van der Waals surface area contributed by atoms with Crippen molar-refractivity contribution in [2.24, 2.45) is 0 Å². The van der Waals surface area contributed by atoms with Crippen LogP contribution >= 0.6 is 11.6 Å². The van der Waals surface area contributed by atoms with Gasteiger partial charge in [0.05, 0.1) is 19.2 Å². The molecule has 2 aliphatic rings. The smallest absolute Gasteiger partial charge is 0.406 e. The van der Waals surface area contributed by atoms with E-state index in [0.717, 1.165) is 22.8 Å². The molecule has 3 aromatic rings. The lowest BCUT2D eigenvalue weighted by Crippen LogP contribution is -2.58. The highest BCUT2D eigenvalue weighted by molar-refractivity contribution is 6.30. The van der Waals surface area contributed by atoms with Crippen LogP contribution in [0.1, 0.15) is 28.3 Å². The molecule has 3 N–H and O–H groups in total. The van der Waals surface area contributed by atoms with E-state index in [9.17, 15) is 23.2 Å². The molecule has 9 nitrogen and oxygen atoms in total. The van der Waals surface area contributed by atoms with Gasteiger partial charge < -0.3 is 25.6 Å². The molecule has 0 radical (unpaired) electrons. The highest BCUT2D eigenvalue weighted by Gasteiger charge is 2.34. The van der Waals surface area contributed by atoms with Crippen molar-refractivity contribution in [1.82, 2.24) is 25.8 Å². The Morgan fingerprint density at radius 2 is 1.71 bits per heavy atom. The summed E-state index contributed by atoms with van der Waals surface area (Å²) >= 11 is 6.08. The number of carbonyl (C=O) groups is 3. The number of ether oxygens (including phenoxy) is 1. The van der Waals surface area contributed by atoms with Crippen LogP contribution in [-0.2, 0) is 33.7 Å². The number of methoxy groups -OCH3 is 1. The van der Waals surface area contributed by atoms with Crippen LogP contribution in [0.25, 0.3) is 0 Å².